The van der Waals surface area contributed by atoms with Crippen LogP contribution < -0.4 is 9.47 Å². The lowest BCUT2D eigenvalue weighted by molar-refractivity contribution is -0.145. The lowest BCUT2D eigenvalue weighted by Gasteiger charge is -2.37. The van der Waals surface area contributed by atoms with Gasteiger partial charge in [0.2, 0.25) is 6.10 Å². The third-order valence-electron chi connectivity index (χ3n) is 4.49. The van der Waals surface area contributed by atoms with Crippen molar-refractivity contribution < 1.29 is 14.3 Å². The van der Waals surface area contributed by atoms with Gasteiger partial charge in [-0.25, -0.2) is 4.98 Å². The lowest BCUT2D eigenvalue weighted by Crippen LogP contribution is -2.49. The van der Waals surface area contributed by atoms with Crippen LogP contribution in [0.1, 0.15) is 36.0 Å². The molecule has 0 bridgehead atoms. The number of hydrogen-bond acceptors (Lipinski definition) is 5. The first-order chi connectivity index (χ1) is 11.7. The van der Waals surface area contributed by atoms with Crippen LogP contribution in [-0.4, -0.2) is 35.0 Å². The maximum Gasteiger partial charge on any atom is 0.267 e. The van der Waals surface area contributed by atoms with Gasteiger partial charge in [0, 0.05) is 17.6 Å². The summed E-state index contributed by atoms with van der Waals surface area (Å²) in [7, 11) is 0. The van der Waals surface area contributed by atoms with Gasteiger partial charge in [-0.2, -0.15) is 0 Å². The predicted molar refractivity (Wildman–Crippen MR) is 91.5 cm³/mol. The molecule has 0 aliphatic carbocycles. The molecule has 2 aliphatic heterocycles. The number of ether oxygens (including phenoxy) is 2. The molecule has 1 aromatic carbocycles. The van der Waals surface area contributed by atoms with E-state index in [9.17, 15) is 4.79 Å². The molecule has 1 fully saturated rings. The average Bonchev–Trinajstić information content (AvgIpc) is 3.07. The van der Waals surface area contributed by atoms with Crippen molar-refractivity contribution >= 4 is 17.2 Å². The predicted octanol–water partition coefficient (Wildman–Crippen LogP) is 3.35. The number of amides is 1. The van der Waals surface area contributed by atoms with Crippen molar-refractivity contribution in [2.45, 2.75) is 38.3 Å². The third kappa shape index (κ3) is 2.86. The fourth-order valence-corrected chi connectivity index (χ4v) is 4.25. The van der Waals surface area contributed by atoms with Gasteiger partial charge in [0.05, 0.1) is 6.04 Å². The van der Waals surface area contributed by atoms with E-state index in [0.717, 1.165) is 36.5 Å². The van der Waals surface area contributed by atoms with Gasteiger partial charge in [-0.3, -0.25) is 4.79 Å². The summed E-state index contributed by atoms with van der Waals surface area (Å²) < 4.78 is 11.6. The first-order valence-electron chi connectivity index (χ1n) is 8.33. The van der Waals surface area contributed by atoms with Crippen LogP contribution in [0.4, 0.5) is 0 Å². The van der Waals surface area contributed by atoms with Gasteiger partial charge in [-0.15, -0.1) is 11.3 Å². The largest absolute Gasteiger partial charge is 0.485 e. The van der Waals surface area contributed by atoms with Crippen LogP contribution in [-0.2, 0) is 4.79 Å². The minimum absolute atomic E-state index is 0.00190. The summed E-state index contributed by atoms with van der Waals surface area (Å²) >= 11 is 1.64. The molecule has 1 aromatic heterocycles. The SMILES string of the molecule is Cc1csc([C@H]2CCCCN2C(=O)[C@H]2COc3ccccc3O2)n1. The third-order valence-corrected chi connectivity index (χ3v) is 5.56. The highest BCUT2D eigenvalue weighted by Gasteiger charge is 2.37. The summed E-state index contributed by atoms with van der Waals surface area (Å²) in [6, 6.07) is 7.54. The van der Waals surface area contributed by atoms with Gasteiger partial charge in [-0.1, -0.05) is 12.1 Å². The van der Waals surface area contributed by atoms with E-state index in [0.29, 0.717) is 11.5 Å². The number of aryl methyl sites for hydroxylation is 1. The Kier molecular flexibility index (Phi) is 4.14. The van der Waals surface area contributed by atoms with E-state index in [-0.39, 0.29) is 18.6 Å². The molecular weight excluding hydrogens is 324 g/mol. The van der Waals surface area contributed by atoms with Gasteiger partial charge < -0.3 is 14.4 Å². The maximum absolute atomic E-state index is 13.1. The molecule has 1 saturated heterocycles. The van der Waals surface area contributed by atoms with Crippen molar-refractivity contribution in [1.29, 1.82) is 0 Å². The Labute approximate surface area is 145 Å². The molecule has 126 valence electrons. The van der Waals surface area contributed by atoms with Crippen molar-refractivity contribution in [2.75, 3.05) is 13.2 Å². The number of para-hydroxylation sites is 2. The Hall–Kier alpha value is -2.08. The highest BCUT2D eigenvalue weighted by Crippen LogP contribution is 2.35. The van der Waals surface area contributed by atoms with Crippen LogP contribution in [0, 0.1) is 6.92 Å². The van der Waals surface area contributed by atoms with E-state index in [1.807, 2.05) is 41.5 Å². The molecule has 6 heteroatoms. The molecule has 3 heterocycles. The van der Waals surface area contributed by atoms with Crippen molar-refractivity contribution in [3.05, 3.63) is 40.3 Å². The lowest BCUT2D eigenvalue weighted by atomic mass is 10.0. The van der Waals surface area contributed by atoms with E-state index >= 15 is 0 Å². The quantitative estimate of drug-likeness (QED) is 0.838. The number of aromatic nitrogens is 1. The normalized spacial score (nSPS) is 23.1. The zero-order valence-electron chi connectivity index (χ0n) is 13.6. The average molecular weight is 344 g/mol. The molecule has 0 unspecified atom stereocenters. The number of carbonyl (C=O) groups is 1. The zero-order chi connectivity index (χ0) is 16.5. The molecule has 0 spiro atoms. The van der Waals surface area contributed by atoms with Gasteiger partial charge in [0.15, 0.2) is 11.5 Å². The Morgan fingerprint density at radius 1 is 1.29 bits per heavy atom. The Balaban J connectivity index is 1.54. The Morgan fingerprint density at radius 3 is 2.92 bits per heavy atom. The van der Waals surface area contributed by atoms with E-state index < -0.39 is 6.10 Å². The molecule has 4 rings (SSSR count). The number of hydrogen-bond donors (Lipinski definition) is 0. The van der Waals surface area contributed by atoms with Crippen molar-refractivity contribution in [2.24, 2.45) is 0 Å². The summed E-state index contributed by atoms with van der Waals surface area (Å²) in [6.45, 7) is 3.00. The number of benzene rings is 1. The van der Waals surface area contributed by atoms with Crippen molar-refractivity contribution in [3.63, 3.8) is 0 Å². The van der Waals surface area contributed by atoms with Gasteiger partial charge in [0.25, 0.3) is 5.91 Å². The van der Waals surface area contributed by atoms with E-state index in [1.54, 1.807) is 11.3 Å². The molecule has 1 amide bonds. The van der Waals surface area contributed by atoms with Crippen LogP contribution in [0.15, 0.2) is 29.6 Å². The highest BCUT2D eigenvalue weighted by atomic mass is 32.1. The first kappa shape index (κ1) is 15.4. The fraction of sp³-hybridized carbons (Fsp3) is 0.444. The molecule has 0 radical (unpaired) electrons. The number of thiazole rings is 1. The van der Waals surface area contributed by atoms with Gasteiger partial charge >= 0.3 is 0 Å². The second-order valence-electron chi connectivity index (χ2n) is 6.23. The van der Waals surface area contributed by atoms with Gasteiger partial charge in [0.1, 0.15) is 11.6 Å². The first-order valence-corrected chi connectivity index (χ1v) is 9.21. The molecule has 2 aliphatic rings. The molecule has 0 N–H and O–H groups in total. The van der Waals surface area contributed by atoms with Crippen LogP contribution >= 0.6 is 11.3 Å². The monoisotopic (exact) mass is 344 g/mol. The van der Waals surface area contributed by atoms with Crippen LogP contribution in [0.2, 0.25) is 0 Å². The second kappa shape index (κ2) is 6.43. The zero-order valence-corrected chi connectivity index (χ0v) is 14.4. The minimum atomic E-state index is -0.582. The number of fused-ring (bicyclic) bond motifs is 1. The molecule has 2 atom stereocenters. The van der Waals surface area contributed by atoms with Crippen molar-refractivity contribution in [1.82, 2.24) is 9.88 Å². The summed E-state index contributed by atoms with van der Waals surface area (Å²) in [5.74, 6) is 1.34. The Morgan fingerprint density at radius 2 is 2.12 bits per heavy atom. The summed E-state index contributed by atoms with van der Waals surface area (Å²) in [5, 5.41) is 3.07. The van der Waals surface area contributed by atoms with E-state index in [2.05, 4.69) is 4.98 Å². The topological polar surface area (TPSA) is 51.7 Å². The van der Waals surface area contributed by atoms with Crippen LogP contribution in [0.5, 0.6) is 11.5 Å². The number of carbonyl (C=O) groups excluding carboxylic acids is 1. The maximum atomic E-state index is 13.1. The van der Waals surface area contributed by atoms with Gasteiger partial charge in [-0.05, 0) is 38.3 Å². The molecule has 24 heavy (non-hydrogen) atoms. The molecule has 2 aromatic rings. The minimum Gasteiger partial charge on any atom is -0.485 e. The fourth-order valence-electron chi connectivity index (χ4n) is 3.30. The summed E-state index contributed by atoms with van der Waals surface area (Å²) in [5.41, 5.74) is 1.01. The molecular formula is C18H20N2O3S. The number of nitrogens with zero attached hydrogens (tertiary/aromatic N) is 2. The molecule has 5 nitrogen and oxygen atoms in total. The van der Waals surface area contributed by atoms with Crippen molar-refractivity contribution in [3.8, 4) is 11.5 Å². The van der Waals surface area contributed by atoms with Crippen LogP contribution in [0.3, 0.4) is 0 Å². The Bertz CT molecular complexity index is 745. The second-order valence-corrected chi connectivity index (χ2v) is 7.12. The van der Waals surface area contributed by atoms with E-state index in [4.69, 9.17) is 9.47 Å². The number of piperidine rings is 1. The molecule has 0 saturated carbocycles. The number of rotatable bonds is 2. The summed E-state index contributed by atoms with van der Waals surface area (Å²) in [6.07, 6.45) is 2.53. The smallest absolute Gasteiger partial charge is 0.267 e. The number of likely N-dealkylation sites (tertiary alicyclic amines) is 1. The van der Waals surface area contributed by atoms with E-state index in [1.165, 1.54) is 0 Å². The summed E-state index contributed by atoms with van der Waals surface area (Å²) in [4.78, 5) is 19.6. The highest BCUT2D eigenvalue weighted by molar-refractivity contribution is 7.09. The standard InChI is InChI=1S/C18H20N2O3S/c1-12-11-24-17(19-12)13-6-4-5-9-20(13)18(21)16-10-22-14-7-2-3-8-15(14)23-16/h2-3,7-8,11,13,16H,4-6,9-10H2,1H3/t13-,16-/m1/s1. The van der Waals surface area contributed by atoms with Crippen LogP contribution in [0.25, 0.3) is 0 Å².